The molecule has 0 atom stereocenters. The van der Waals surface area contributed by atoms with Gasteiger partial charge in [0.1, 0.15) is 0 Å². The molecular formula is C20H21F3N2O3S. The molecule has 9 heteroatoms. The van der Waals surface area contributed by atoms with Crippen LogP contribution >= 0.6 is 0 Å². The summed E-state index contributed by atoms with van der Waals surface area (Å²) in [4.78, 5) is 13.7. The lowest BCUT2D eigenvalue weighted by atomic mass is 10.2. The number of nitrogens with zero attached hydrogens (tertiary/aromatic N) is 2. The summed E-state index contributed by atoms with van der Waals surface area (Å²) in [5.41, 5.74) is -0.415. The molecule has 0 unspecified atom stereocenters. The zero-order valence-electron chi connectivity index (χ0n) is 15.6. The third-order valence-electron chi connectivity index (χ3n) is 4.77. The Balaban J connectivity index is 1.94. The number of halogens is 3. The maximum Gasteiger partial charge on any atom is 0.416 e. The maximum atomic E-state index is 13.2. The summed E-state index contributed by atoms with van der Waals surface area (Å²) < 4.78 is 66.4. The van der Waals surface area contributed by atoms with Crippen molar-refractivity contribution < 1.29 is 26.4 Å². The van der Waals surface area contributed by atoms with E-state index in [1.807, 2.05) is 0 Å². The van der Waals surface area contributed by atoms with Crippen LogP contribution in [0.3, 0.4) is 0 Å². The quantitative estimate of drug-likeness (QED) is 0.710. The molecule has 0 radical (unpaired) electrons. The molecule has 1 aliphatic heterocycles. The van der Waals surface area contributed by atoms with Crippen molar-refractivity contribution in [2.24, 2.45) is 0 Å². The summed E-state index contributed by atoms with van der Waals surface area (Å²) in [5, 5.41) is 0. The molecule has 2 aromatic rings. The minimum atomic E-state index is -4.67. The van der Waals surface area contributed by atoms with Crippen LogP contribution in [0.25, 0.3) is 0 Å². The van der Waals surface area contributed by atoms with Crippen LogP contribution in [-0.2, 0) is 27.5 Å². The van der Waals surface area contributed by atoms with Gasteiger partial charge in [0.05, 0.1) is 17.0 Å². The van der Waals surface area contributed by atoms with Gasteiger partial charge < -0.3 is 4.90 Å². The van der Waals surface area contributed by atoms with E-state index in [0.29, 0.717) is 24.7 Å². The largest absolute Gasteiger partial charge is 0.416 e. The Kier molecular flexibility index (Phi) is 6.28. The number of amides is 1. The zero-order chi connectivity index (χ0) is 21.1. The van der Waals surface area contributed by atoms with Gasteiger partial charge in [-0.1, -0.05) is 36.4 Å². The molecule has 0 spiro atoms. The molecule has 1 saturated heterocycles. The van der Waals surface area contributed by atoms with Gasteiger partial charge in [0.25, 0.3) is 0 Å². The van der Waals surface area contributed by atoms with Crippen LogP contribution in [0.5, 0.6) is 0 Å². The van der Waals surface area contributed by atoms with Gasteiger partial charge in [0.15, 0.2) is 0 Å². The molecule has 29 heavy (non-hydrogen) atoms. The van der Waals surface area contributed by atoms with Gasteiger partial charge in [-0.3, -0.25) is 4.79 Å². The average Bonchev–Trinajstić information content (AvgIpc) is 3.23. The van der Waals surface area contributed by atoms with Crippen molar-refractivity contribution in [3.8, 4) is 0 Å². The van der Waals surface area contributed by atoms with Gasteiger partial charge in [0.2, 0.25) is 15.9 Å². The van der Waals surface area contributed by atoms with E-state index < -0.39 is 33.2 Å². The number of sulfonamides is 1. The number of likely N-dealkylation sites (tertiary alicyclic amines) is 1. The highest BCUT2D eigenvalue weighted by molar-refractivity contribution is 7.89. The fourth-order valence-electron chi connectivity index (χ4n) is 3.21. The third kappa shape index (κ3) is 5.16. The summed E-state index contributed by atoms with van der Waals surface area (Å²) in [6.45, 7) is 0.579. The Hall–Kier alpha value is -2.39. The van der Waals surface area contributed by atoms with Crippen LogP contribution in [0.1, 0.15) is 24.0 Å². The van der Waals surface area contributed by atoms with Crippen molar-refractivity contribution in [3.63, 3.8) is 0 Å². The molecule has 2 aromatic carbocycles. The Morgan fingerprint density at radius 1 is 1.00 bits per heavy atom. The Labute approximate surface area is 167 Å². The predicted octanol–water partition coefficient (Wildman–Crippen LogP) is 3.52. The fraction of sp³-hybridized carbons (Fsp3) is 0.350. The van der Waals surface area contributed by atoms with Crippen LogP contribution in [0, 0.1) is 0 Å². The van der Waals surface area contributed by atoms with Crippen molar-refractivity contribution >= 4 is 15.9 Å². The molecule has 1 aliphatic rings. The van der Waals surface area contributed by atoms with Crippen LogP contribution < -0.4 is 0 Å². The smallest absolute Gasteiger partial charge is 0.342 e. The molecule has 0 aromatic heterocycles. The lowest BCUT2D eigenvalue weighted by Gasteiger charge is -2.25. The Morgan fingerprint density at radius 3 is 2.28 bits per heavy atom. The SMILES string of the molecule is O=C(CN(Cc1ccccc1)S(=O)(=O)c1cccc(C(F)(F)F)c1)N1CCCC1. The molecule has 156 valence electrons. The molecule has 1 fully saturated rings. The van der Waals surface area contributed by atoms with E-state index in [4.69, 9.17) is 0 Å². The Morgan fingerprint density at radius 2 is 1.66 bits per heavy atom. The molecular weight excluding hydrogens is 405 g/mol. The van der Waals surface area contributed by atoms with Gasteiger partial charge in [-0.2, -0.15) is 17.5 Å². The number of hydrogen-bond acceptors (Lipinski definition) is 3. The van der Waals surface area contributed by atoms with Crippen molar-refractivity contribution in [3.05, 3.63) is 65.7 Å². The van der Waals surface area contributed by atoms with Gasteiger partial charge in [-0.25, -0.2) is 8.42 Å². The molecule has 0 saturated carbocycles. The van der Waals surface area contributed by atoms with Crippen molar-refractivity contribution in [1.29, 1.82) is 0 Å². The number of benzene rings is 2. The van der Waals surface area contributed by atoms with E-state index in [9.17, 15) is 26.4 Å². The highest BCUT2D eigenvalue weighted by Crippen LogP contribution is 2.31. The molecule has 0 bridgehead atoms. The number of rotatable bonds is 6. The number of hydrogen-bond donors (Lipinski definition) is 0. The normalized spacial score (nSPS) is 15.1. The topological polar surface area (TPSA) is 57.7 Å². The summed E-state index contributed by atoms with van der Waals surface area (Å²) in [6, 6.07) is 12.2. The first-order chi connectivity index (χ1) is 13.7. The Bertz CT molecular complexity index is 956. The van der Waals surface area contributed by atoms with E-state index in [-0.39, 0.29) is 12.5 Å². The molecule has 1 heterocycles. The standard InChI is InChI=1S/C20H21F3N2O3S/c21-20(22,23)17-9-6-10-18(13-17)29(27,28)25(14-16-7-2-1-3-8-16)15-19(26)24-11-4-5-12-24/h1-3,6-10,13H,4-5,11-12,14-15H2. The van der Waals surface area contributed by atoms with Gasteiger partial charge >= 0.3 is 6.18 Å². The minimum absolute atomic E-state index is 0.112. The van der Waals surface area contributed by atoms with Gasteiger partial charge in [0, 0.05) is 19.6 Å². The minimum Gasteiger partial charge on any atom is -0.342 e. The predicted molar refractivity (Wildman–Crippen MR) is 101 cm³/mol. The number of carbonyl (C=O) groups is 1. The average molecular weight is 426 g/mol. The first-order valence-electron chi connectivity index (χ1n) is 9.17. The first kappa shape index (κ1) is 21.3. The summed E-state index contributed by atoms with van der Waals surface area (Å²) in [7, 11) is -4.32. The zero-order valence-corrected chi connectivity index (χ0v) is 16.4. The monoisotopic (exact) mass is 426 g/mol. The van der Waals surface area contributed by atoms with Crippen LogP contribution in [0.4, 0.5) is 13.2 Å². The highest BCUT2D eigenvalue weighted by atomic mass is 32.2. The fourth-order valence-corrected chi connectivity index (χ4v) is 4.64. The summed E-state index contributed by atoms with van der Waals surface area (Å²) in [5.74, 6) is -0.353. The van der Waals surface area contributed by atoms with E-state index in [1.54, 1.807) is 35.2 Å². The highest BCUT2D eigenvalue weighted by Gasteiger charge is 2.34. The summed E-state index contributed by atoms with van der Waals surface area (Å²) in [6.07, 6.45) is -2.96. The molecule has 3 rings (SSSR count). The van der Waals surface area contributed by atoms with E-state index in [2.05, 4.69) is 0 Å². The first-order valence-corrected chi connectivity index (χ1v) is 10.6. The third-order valence-corrected chi connectivity index (χ3v) is 6.56. The second-order valence-electron chi connectivity index (χ2n) is 6.87. The van der Waals surface area contributed by atoms with E-state index >= 15 is 0 Å². The molecule has 1 amide bonds. The van der Waals surface area contributed by atoms with Crippen LogP contribution in [0.2, 0.25) is 0 Å². The molecule has 0 N–H and O–H groups in total. The van der Waals surface area contributed by atoms with Crippen LogP contribution in [-0.4, -0.2) is 43.2 Å². The molecule has 0 aliphatic carbocycles. The van der Waals surface area contributed by atoms with Crippen molar-refractivity contribution in [1.82, 2.24) is 9.21 Å². The number of carbonyl (C=O) groups excluding carboxylic acids is 1. The van der Waals surface area contributed by atoms with Crippen LogP contribution in [0.15, 0.2) is 59.5 Å². The molecule has 5 nitrogen and oxygen atoms in total. The number of alkyl halides is 3. The van der Waals surface area contributed by atoms with E-state index in [1.165, 1.54) is 0 Å². The van der Waals surface area contributed by atoms with Gasteiger partial charge in [-0.05, 0) is 36.6 Å². The lowest BCUT2D eigenvalue weighted by Crippen LogP contribution is -2.41. The van der Waals surface area contributed by atoms with Crippen molar-refractivity contribution in [2.45, 2.75) is 30.5 Å². The van der Waals surface area contributed by atoms with Gasteiger partial charge in [-0.15, -0.1) is 0 Å². The maximum absolute atomic E-state index is 13.2. The second-order valence-corrected chi connectivity index (χ2v) is 8.81. The lowest BCUT2D eigenvalue weighted by molar-refractivity contribution is -0.137. The summed E-state index contributed by atoms with van der Waals surface area (Å²) >= 11 is 0. The van der Waals surface area contributed by atoms with E-state index in [0.717, 1.165) is 35.3 Å². The van der Waals surface area contributed by atoms with Crippen molar-refractivity contribution in [2.75, 3.05) is 19.6 Å². The second kappa shape index (κ2) is 8.54.